The fourth-order valence-corrected chi connectivity index (χ4v) is 7.85. The topological polar surface area (TPSA) is 78.0 Å². The lowest BCUT2D eigenvalue weighted by atomic mass is 9.96. The number of hydrogen-bond acceptors (Lipinski definition) is 5. The normalized spacial score (nSPS) is 19.0. The molecule has 0 saturated carbocycles. The fourth-order valence-electron chi connectivity index (χ4n) is 4.92. The summed E-state index contributed by atoms with van der Waals surface area (Å²) in [5, 5.41) is 0. The number of rotatable bonds is 7. The van der Waals surface area contributed by atoms with Gasteiger partial charge < -0.3 is 0 Å². The quantitative estimate of drug-likeness (QED) is 0.595. The van der Waals surface area contributed by atoms with Crippen molar-refractivity contribution in [3.63, 3.8) is 0 Å². The van der Waals surface area contributed by atoms with Crippen molar-refractivity contribution in [3.8, 4) is 0 Å². The van der Waals surface area contributed by atoms with Crippen LogP contribution in [0.5, 0.6) is 0 Å². The van der Waals surface area contributed by atoms with Crippen molar-refractivity contribution in [2.24, 2.45) is 0 Å². The Balaban J connectivity index is 1.41. The molecule has 0 N–H and O–H groups in total. The van der Waals surface area contributed by atoms with Crippen LogP contribution in [-0.2, 0) is 33.0 Å². The Morgan fingerprint density at radius 3 is 2.00 bits per heavy atom. The Kier molecular flexibility index (Phi) is 7.26. The van der Waals surface area contributed by atoms with E-state index in [1.807, 2.05) is 0 Å². The third-order valence-corrected chi connectivity index (χ3v) is 10.9. The van der Waals surface area contributed by atoms with Gasteiger partial charge in [0.25, 0.3) is 0 Å². The molecule has 0 radical (unpaired) electrons. The number of sulfonamides is 2. The molecule has 0 spiro atoms. The minimum atomic E-state index is -3.65. The van der Waals surface area contributed by atoms with Crippen LogP contribution in [0.4, 0.5) is 0 Å². The monoisotopic (exact) mass is 491 g/mol. The Morgan fingerprint density at radius 2 is 1.39 bits per heavy atom. The SMILES string of the molecule is CCN(CC)S(=O)(=O)c1ccc(S(=O)(=O)N2CCC(N3CCc4ccccc4C3)CC2)cc1. The summed E-state index contributed by atoms with van der Waals surface area (Å²) in [7, 11) is -7.26. The first-order valence-corrected chi connectivity index (χ1v) is 14.6. The van der Waals surface area contributed by atoms with Crippen molar-refractivity contribution in [3.05, 3.63) is 59.7 Å². The van der Waals surface area contributed by atoms with Gasteiger partial charge in [0.05, 0.1) is 9.79 Å². The molecule has 7 nitrogen and oxygen atoms in total. The number of benzene rings is 2. The van der Waals surface area contributed by atoms with E-state index in [0.717, 1.165) is 32.4 Å². The molecule has 0 atom stereocenters. The molecule has 0 aliphatic carbocycles. The largest absolute Gasteiger partial charge is 0.296 e. The van der Waals surface area contributed by atoms with E-state index in [0.29, 0.717) is 32.2 Å². The van der Waals surface area contributed by atoms with Gasteiger partial charge in [-0.15, -0.1) is 0 Å². The van der Waals surface area contributed by atoms with Crippen molar-refractivity contribution in [1.29, 1.82) is 0 Å². The molecule has 2 aliphatic heterocycles. The number of piperidine rings is 1. The molecule has 0 amide bonds. The lowest BCUT2D eigenvalue weighted by Gasteiger charge is -2.40. The molecule has 0 aromatic heterocycles. The lowest BCUT2D eigenvalue weighted by molar-refractivity contribution is 0.126. The predicted octanol–water partition coefficient (Wildman–Crippen LogP) is 2.93. The maximum Gasteiger partial charge on any atom is 0.243 e. The van der Waals surface area contributed by atoms with E-state index in [2.05, 4.69) is 29.2 Å². The maximum atomic E-state index is 13.2. The zero-order chi connectivity index (χ0) is 23.6. The highest BCUT2D eigenvalue weighted by Crippen LogP contribution is 2.28. The van der Waals surface area contributed by atoms with Crippen LogP contribution in [0.15, 0.2) is 58.3 Å². The highest BCUT2D eigenvalue weighted by atomic mass is 32.2. The van der Waals surface area contributed by atoms with Crippen LogP contribution >= 0.6 is 0 Å². The number of fused-ring (bicyclic) bond motifs is 1. The van der Waals surface area contributed by atoms with Gasteiger partial charge in [0.1, 0.15) is 0 Å². The van der Waals surface area contributed by atoms with Gasteiger partial charge >= 0.3 is 0 Å². The molecule has 0 unspecified atom stereocenters. The molecule has 9 heteroatoms. The predicted molar refractivity (Wildman–Crippen MR) is 129 cm³/mol. The molecule has 0 bridgehead atoms. The maximum absolute atomic E-state index is 13.2. The van der Waals surface area contributed by atoms with Crippen molar-refractivity contribution in [2.45, 2.75) is 55.5 Å². The first-order chi connectivity index (χ1) is 15.8. The molecule has 2 aromatic carbocycles. The van der Waals surface area contributed by atoms with Crippen LogP contribution in [0.25, 0.3) is 0 Å². The van der Waals surface area contributed by atoms with Gasteiger partial charge in [-0.1, -0.05) is 38.1 Å². The molecule has 4 rings (SSSR count). The zero-order valence-electron chi connectivity index (χ0n) is 19.4. The average molecular weight is 492 g/mol. The van der Waals surface area contributed by atoms with E-state index in [1.165, 1.54) is 44.0 Å². The van der Waals surface area contributed by atoms with E-state index < -0.39 is 20.0 Å². The minimum Gasteiger partial charge on any atom is -0.296 e. The van der Waals surface area contributed by atoms with Crippen LogP contribution in [0.3, 0.4) is 0 Å². The van der Waals surface area contributed by atoms with Gasteiger partial charge in [-0.3, -0.25) is 4.90 Å². The van der Waals surface area contributed by atoms with Gasteiger partial charge in [0.15, 0.2) is 0 Å². The molecule has 1 saturated heterocycles. The number of hydrogen-bond donors (Lipinski definition) is 0. The summed E-state index contributed by atoms with van der Waals surface area (Å²) >= 11 is 0. The van der Waals surface area contributed by atoms with Gasteiger partial charge in [-0.05, 0) is 54.7 Å². The van der Waals surface area contributed by atoms with Crippen molar-refractivity contribution in [2.75, 3.05) is 32.7 Å². The summed E-state index contributed by atoms with van der Waals surface area (Å²) in [6.45, 7) is 7.20. The standard InChI is InChI=1S/C24H33N3O4S2/c1-3-26(4-2)32(28,29)23-9-11-24(12-10-23)33(30,31)27-17-14-22(15-18-27)25-16-13-20-7-5-6-8-21(20)19-25/h5-12,22H,3-4,13-19H2,1-2H3. The summed E-state index contributed by atoms with van der Waals surface area (Å²) < 4.78 is 54.6. The second-order valence-electron chi connectivity index (χ2n) is 8.69. The molecule has 1 fully saturated rings. The lowest BCUT2D eigenvalue weighted by Crippen LogP contribution is -2.48. The van der Waals surface area contributed by atoms with Crippen molar-refractivity contribution < 1.29 is 16.8 Å². The summed E-state index contributed by atoms with van der Waals surface area (Å²) in [4.78, 5) is 2.75. The Morgan fingerprint density at radius 1 is 0.818 bits per heavy atom. The van der Waals surface area contributed by atoms with Gasteiger partial charge in [0, 0.05) is 45.3 Å². The van der Waals surface area contributed by atoms with Crippen LogP contribution in [0, 0.1) is 0 Å². The first-order valence-electron chi connectivity index (χ1n) is 11.7. The van der Waals surface area contributed by atoms with Crippen LogP contribution in [0.1, 0.15) is 37.8 Å². The molecule has 2 aliphatic rings. The van der Waals surface area contributed by atoms with E-state index in [4.69, 9.17) is 0 Å². The van der Waals surface area contributed by atoms with Gasteiger partial charge in [0.2, 0.25) is 20.0 Å². The highest BCUT2D eigenvalue weighted by molar-refractivity contribution is 7.89. The Bertz CT molecular complexity index is 1170. The summed E-state index contributed by atoms with van der Waals surface area (Å²) in [6, 6.07) is 14.6. The molecule has 180 valence electrons. The highest BCUT2D eigenvalue weighted by Gasteiger charge is 2.33. The first kappa shape index (κ1) is 24.3. The second-order valence-corrected chi connectivity index (χ2v) is 12.6. The second kappa shape index (κ2) is 9.84. The Labute approximate surface area is 198 Å². The van der Waals surface area contributed by atoms with Gasteiger partial charge in [-0.2, -0.15) is 8.61 Å². The smallest absolute Gasteiger partial charge is 0.243 e. The van der Waals surface area contributed by atoms with Crippen LogP contribution < -0.4 is 0 Å². The fraction of sp³-hybridized carbons (Fsp3) is 0.500. The summed E-state index contributed by atoms with van der Waals surface area (Å²) in [6.07, 6.45) is 2.64. The van der Waals surface area contributed by atoms with Crippen molar-refractivity contribution >= 4 is 20.0 Å². The molecule has 2 aromatic rings. The van der Waals surface area contributed by atoms with E-state index in [1.54, 1.807) is 13.8 Å². The zero-order valence-corrected chi connectivity index (χ0v) is 21.0. The van der Waals surface area contributed by atoms with E-state index in [9.17, 15) is 16.8 Å². The third kappa shape index (κ3) is 4.88. The number of nitrogens with zero attached hydrogens (tertiary/aromatic N) is 3. The molecule has 33 heavy (non-hydrogen) atoms. The van der Waals surface area contributed by atoms with Gasteiger partial charge in [-0.25, -0.2) is 16.8 Å². The van der Waals surface area contributed by atoms with Crippen molar-refractivity contribution in [1.82, 2.24) is 13.5 Å². The van der Waals surface area contributed by atoms with Crippen LogP contribution in [0.2, 0.25) is 0 Å². The summed E-state index contributed by atoms with van der Waals surface area (Å²) in [5.41, 5.74) is 2.79. The average Bonchev–Trinajstić information content (AvgIpc) is 2.84. The molecular formula is C24H33N3O4S2. The minimum absolute atomic E-state index is 0.120. The Hall–Kier alpha value is -1.78. The third-order valence-electron chi connectivity index (χ3n) is 6.90. The van der Waals surface area contributed by atoms with Crippen LogP contribution in [-0.4, -0.2) is 69.1 Å². The van der Waals surface area contributed by atoms with E-state index >= 15 is 0 Å². The molecular weight excluding hydrogens is 458 g/mol. The molecule has 2 heterocycles. The summed E-state index contributed by atoms with van der Waals surface area (Å²) in [5.74, 6) is 0. The van der Waals surface area contributed by atoms with E-state index in [-0.39, 0.29) is 9.79 Å².